The van der Waals surface area contributed by atoms with Gasteiger partial charge in [0.2, 0.25) is 0 Å². The molecule has 0 heterocycles. The Morgan fingerprint density at radius 1 is 1.33 bits per heavy atom. The molecule has 4 N–H and O–H groups in total. The van der Waals surface area contributed by atoms with Gasteiger partial charge in [0.1, 0.15) is 0 Å². The summed E-state index contributed by atoms with van der Waals surface area (Å²) in [5.74, 6) is 0. The van der Waals surface area contributed by atoms with Crippen LogP contribution in [-0.4, -0.2) is 6.54 Å². The Hall–Kier alpha value is -0.860. The molecule has 0 aliphatic heterocycles. The molecule has 0 radical (unpaired) electrons. The quantitative estimate of drug-likeness (QED) is 0.794. The summed E-state index contributed by atoms with van der Waals surface area (Å²) in [5, 5.41) is 0. The van der Waals surface area contributed by atoms with Crippen LogP contribution in [0.5, 0.6) is 0 Å². The minimum atomic E-state index is 0.0564. The van der Waals surface area contributed by atoms with Crippen molar-refractivity contribution in [3.8, 4) is 0 Å². The van der Waals surface area contributed by atoms with Crippen LogP contribution in [0.1, 0.15) is 37.4 Å². The maximum atomic E-state index is 6.27. The fraction of sp³-hybridized carbons (Fsp3) is 0.538. The summed E-state index contributed by atoms with van der Waals surface area (Å²) in [6.45, 7) is 7.12. The van der Waals surface area contributed by atoms with E-state index in [9.17, 15) is 0 Å². The third-order valence-corrected chi connectivity index (χ3v) is 3.03. The number of aryl methyl sites for hydroxylation is 1. The number of hydrogen-bond acceptors (Lipinski definition) is 2. The van der Waals surface area contributed by atoms with E-state index < -0.39 is 0 Å². The maximum Gasteiger partial charge on any atom is 0.0347 e. The van der Waals surface area contributed by atoms with E-state index in [0.717, 1.165) is 6.42 Å². The monoisotopic (exact) mass is 206 g/mol. The van der Waals surface area contributed by atoms with Crippen molar-refractivity contribution in [2.75, 3.05) is 6.54 Å². The maximum absolute atomic E-state index is 6.27. The lowest BCUT2D eigenvalue weighted by molar-refractivity contribution is 0.271. The molecule has 0 saturated carbocycles. The van der Waals surface area contributed by atoms with Gasteiger partial charge < -0.3 is 11.5 Å². The fourth-order valence-corrected chi connectivity index (χ4v) is 1.84. The van der Waals surface area contributed by atoms with Gasteiger partial charge in [-0.3, -0.25) is 0 Å². The molecule has 0 aliphatic rings. The van der Waals surface area contributed by atoms with E-state index >= 15 is 0 Å². The first-order valence-corrected chi connectivity index (χ1v) is 5.49. The number of hydrogen-bond donors (Lipinski definition) is 2. The third-order valence-electron chi connectivity index (χ3n) is 3.03. The molecule has 0 spiro atoms. The summed E-state index contributed by atoms with van der Waals surface area (Å²) in [5.41, 5.74) is 14.4. The lowest BCUT2D eigenvalue weighted by Crippen LogP contribution is -2.31. The zero-order chi connectivity index (χ0) is 11.5. The Kier molecular flexibility index (Phi) is 3.89. The topological polar surface area (TPSA) is 52.0 Å². The SMILES string of the molecule is Cc1cccc(C(N)C(C)(C)CCN)c1. The van der Waals surface area contributed by atoms with Crippen LogP contribution >= 0.6 is 0 Å². The van der Waals surface area contributed by atoms with Gasteiger partial charge in [-0.25, -0.2) is 0 Å². The molecule has 0 amide bonds. The van der Waals surface area contributed by atoms with Gasteiger partial charge in [0.15, 0.2) is 0 Å². The Labute approximate surface area is 92.7 Å². The van der Waals surface area contributed by atoms with Crippen LogP contribution in [0.4, 0.5) is 0 Å². The molecule has 1 unspecified atom stereocenters. The number of benzene rings is 1. The molecule has 15 heavy (non-hydrogen) atoms. The van der Waals surface area contributed by atoms with Crippen molar-refractivity contribution in [1.29, 1.82) is 0 Å². The lowest BCUT2D eigenvalue weighted by Gasteiger charge is -2.31. The van der Waals surface area contributed by atoms with Crippen LogP contribution in [0.2, 0.25) is 0 Å². The van der Waals surface area contributed by atoms with E-state index in [1.165, 1.54) is 11.1 Å². The molecule has 0 bridgehead atoms. The minimum Gasteiger partial charge on any atom is -0.330 e. The molecule has 1 aromatic carbocycles. The van der Waals surface area contributed by atoms with E-state index in [1.807, 2.05) is 0 Å². The summed E-state index contributed by atoms with van der Waals surface area (Å²) in [4.78, 5) is 0. The summed E-state index contributed by atoms with van der Waals surface area (Å²) in [6.07, 6.45) is 0.947. The first-order chi connectivity index (χ1) is 6.97. The standard InChI is InChI=1S/C13H22N2/c1-10-5-4-6-11(9-10)12(15)13(2,3)7-8-14/h4-6,9,12H,7-8,14-15H2,1-3H3. The summed E-state index contributed by atoms with van der Waals surface area (Å²) in [7, 11) is 0. The third kappa shape index (κ3) is 3.05. The summed E-state index contributed by atoms with van der Waals surface area (Å²) in [6, 6.07) is 8.45. The summed E-state index contributed by atoms with van der Waals surface area (Å²) >= 11 is 0. The van der Waals surface area contributed by atoms with E-state index in [2.05, 4.69) is 45.0 Å². The van der Waals surface area contributed by atoms with E-state index in [4.69, 9.17) is 11.5 Å². The second kappa shape index (κ2) is 4.77. The van der Waals surface area contributed by atoms with Crippen LogP contribution < -0.4 is 11.5 Å². The zero-order valence-electron chi connectivity index (χ0n) is 9.96. The first-order valence-electron chi connectivity index (χ1n) is 5.49. The Bertz CT molecular complexity index is 318. The van der Waals surface area contributed by atoms with Crippen LogP contribution in [-0.2, 0) is 0 Å². The molecule has 84 valence electrons. The van der Waals surface area contributed by atoms with Crippen molar-refractivity contribution >= 4 is 0 Å². The van der Waals surface area contributed by atoms with Gasteiger partial charge in [-0.15, -0.1) is 0 Å². The second-order valence-electron chi connectivity index (χ2n) is 4.92. The van der Waals surface area contributed by atoms with Crippen LogP contribution in [0.3, 0.4) is 0 Å². The highest BCUT2D eigenvalue weighted by Crippen LogP contribution is 2.34. The largest absolute Gasteiger partial charge is 0.330 e. The number of nitrogens with two attached hydrogens (primary N) is 2. The van der Waals surface area contributed by atoms with Gasteiger partial charge in [-0.2, -0.15) is 0 Å². The molecule has 2 nitrogen and oxygen atoms in total. The second-order valence-corrected chi connectivity index (χ2v) is 4.92. The van der Waals surface area contributed by atoms with Crippen LogP contribution in [0.25, 0.3) is 0 Å². The molecular weight excluding hydrogens is 184 g/mol. The van der Waals surface area contributed by atoms with Gasteiger partial charge in [0.05, 0.1) is 0 Å². The van der Waals surface area contributed by atoms with Crippen molar-refractivity contribution in [3.05, 3.63) is 35.4 Å². The highest BCUT2D eigenvalue weighted by atomic mass is 14.7. The van der Waals surface area contributed by atoms with Crippen molar-refractivity contribution in [2.24, 2.45) is 16.9 Å². The molecule has 1 rings (SSSR count). The minimum absolute atomic E-state index is 0.0564. The van der Waals surface area contributed by atoms with Gasteiger partial charge >= 0.3 is 0 Å². The van der Waals surface area contributed by atoms with E-state index in [0.29, 0.717) is 6.54 Å². The lowest BCUT2D eigenvalue weighted by atomic mass is 9.78. The van der Waals surface area contributed by atoms with Crippen molar-refractivity contribution in [2.45, 2.75) is 33.2 Å². The smallest absolute Gasteiger partial charge is 0.0347 e. The molecular formula is C13H22N2. The average molecular weight is 206 g/mol. The van der Waals surface area contributed by atoms with Crippen molar-refractivity contribution in [1.82, 2.24) is 0 Å². The Morgan fingerprint density at radius 3 is 2.53 bits per heavy atom. The van der Waals surface area contributed by atoms with Gasteiger partial charge in [-0.1, -0.05) is 43.7 Å². The molecule has 1 aromatic rings. The van der Waals surface area contributed by atoms with Gasteiger partial charge in [0, 0.05) is 6.04 Å². The predicted octanol–water partition coefficient (Wildman–Crippen LogP) is 2.37. The van der Waals surface area contributed by atoms with Gasteiger partial charge in [-0.05, 0) is 30.9 Å². The van der Waals surface area contributed by atoms with Crippen molar-refractivity contribution in [3.63, 3.8) is 0 Å². The molecule has 1 atom stereocenters. The number of rotatable bonds is 4. The first kappa shape index (κ1) is 12.2. The predicted molar refractivity (Wildman–Crippen MR) is 65.6 cm³/mol. The van der Waals surface area contributed by atoms with Gasteiger partial charge in [0.25, 0.3) is 0 Å². The zero-order valence-corrected chi connectivity index (χ0v) is 9.96. The van der Waals surface area contributed by atoms with E-state index in [1.54, 1.807) is 0 Å². The molecule has 0 aliphatic carbocycles. The fourth-order valence-electron chi connectivity index (χ4n) is 1.84. The molecule has 0 saturated heterocycles. The molecule has 0 aromatic heterocycles. The van der Waals surface area contributed by atoms with Crippen LogP contribution in [0.15, 0.2) is 24.3 Å². The highest BCUT2D eigenvalue weighted by Gasteiger charge is 2.26. The van der Waals surface area contributed by atoms with Crippen LogP contribution in [0, 0.1) is 12.3 Å². The Morgan fingerprint density at radius 2 is 2.00 bits per heavy atom. The molecule has 2 heteroatoms. The average Bonchev–Trinajstić information content (AvgIpc) is 2.16. The highest BCUT2D eigenvalue weighted by molar-refractivity contribution is 5.26. The normalized spacial score (nSPS) is 13.9. The summed E-state index contributed by atoms with van der Waals surface area (Å²) < 4.78 is 0. The van der Waals surface area contributed by atoms with Crippen molar-refractivity contribution < 1.29 is 0 Å². The Balaban J connectivity index is 2.88. The molecule has 0 fully saturated rings. The van der Waals surface area contributed by atoms with E-state index in [-0.39, 0.29) is 11.5 Å².